The van der Waals surface area contributed by atoms with Crippen LogP contribution >= 0.6 is 11.3 Å². The number of hydrogen-bond acceptors (Lipinski definition) is 5. The summed E-state index contributed by atoms with van der Waals surface area (Å²) in [5.74, 6) is -1.14. The number of carboxylic acids is 1. The molecule has 19 heavy (non-hydrogen) atoms. The Balaban J connectivity index is 2.44. The minimum absolute atomic E-state index is 0.00143. The molecule has 0 saturated carbocycles. The van der Waals surface area contributed by atoms with Gasteiger partial charge < -0.3 is 9.84 Å². The van der Waals surface area contributed by atoms with Crippen molar-refractivity contribution in [1.29, 1.82) is 0 Å². The Morgan fingerprint density at radius 2 is 2.21 bits per heavy atom. The Hall–Kier alpha value is -0.960. The maximum absolute atomic E-state index is 11.8. The fourth-order valence-electron chi connectivity index (χ4n) is 1.24. The quantitative estimate of drug-likeness (QED) is 0.675. The van der Waals surface area contributed by atoms with Crippen molar-refractivity contribution in [2.75, 3.05) is 19.8 Å². The van der Waals surface area contributed by atoms with Crippen molar-refractivity contribution in [3.63, 3.8) is 0 Å². The molecule has 0 amide bonds. The molecule has 0 aliphatic rings. The summed E-state index contributed by atoms with van der Waals surface area (Å²) in [6.45, 7) is 3.13. The zero-order valence-corrected chi connectivity index (χ0v) is 12.2. The highest BCUT2D eigenvalue weighted by Crippen LogP contribution is 2.19. The molecule has 0 aliphatic carbocycles. The number of nitrogens with one attached hydrogen (secondary N) is 1. The van der Waals surface area contributed by atoms with E-state index >= 15 is 0 Å². The molecule has 0 radical (unpaired) electrons. The summed E-state index contributed by atoms with van der Waals surface area (Å²) in [5.41, 5.74) is -0.0235. The molecule has 0 spiro atoms. The third kappa shape index (κ3) is 5.27. The topological polar surface area (TPSA) is 92.7 Å². The molecule has 1 aromatic rings. The van der Waals surface area contributed by atoms with Gasteiger partial charge >= 0.3 is 5.97 Å². The molecule has 0 bridgehead atoms. The van der Waals surface area contributed by atoms with Gasteiger partial charge in [0.1, 0.15) is 4.21 Å². The van der Waals surface area contributed by atoms with Crippen LogP contribution in [-0.2, 0) is 14.8 Å². The van der Waals surface area contributed by atoms with Gasteiger partial charge in [-0.05, 0) is 12.5 Å². The summed E-state index contributed by atoms with van der Waals surface area (Å²) in [4.78, 5) is 10.7. The lowest BCUT2D eigenvalue weighted by Gasteiger charge is -2.05. The van der Waals surface area contributed by atoms with Gasteiger partial charge in [0.25, 0.3) is 0 Å². The van der Waals surface area contributed by atoms with E-state index in [-0.39, 0.29) is 16.3 Å². The van der Waals surface area contributed by atoms with Crippen molar-refractivity contribution in [3.05, 3.63) is 17.0 Å². The number of carboxylic acid groups (broad SMARTS) is 1. The highest BCUT2D eigenvalue weighted by atomic mass is 32.2. The minimum Gasteiger partial charge on any atom is -0.478 e. The highest BCUT2D eigenvalue weighted by molar-refractivity contribution is 7.91. The molecule has 1 heterocycles. The molecule has 108 valence electrons. The van der Waals surface area contributed by atoms with Crippen molar-refractivity contribution >= 4 is 27.3 Å². The summed E-state index contributed by atoms with van der Waals surface area (Å²) in [6, 6.07) is 1.15. The fraction of sp³-hybridized carbons (Fsp3) is 0.545. The molecule has 1 rings (SSSR count). The first kappa shape index (κ1) is 16.1. The molecular weight excluding hydrogens is 290 g/mol. The smallest absolute Gasteiger partial charge is 0.336 e. The van der Waals surface area contributed by atoms with Crippen molar-refractivity contribution in [2.45, 2.75) is 24.0 Å². The third-order valence-electron chi connectivity index (χ3n) is 2.27. The second kappa shape index (κ2) is 7.59. The van der Waals surface area contributed by atoms with Crippen molar-refractivity contribution in [3.8, 4) is 0 Å². The van der Waals surface area contributed by atoms with Gasteiger partial charge in [-0.1, -0.05) is 13.3 Å². The standard InChI is InChI=1S/C11H17NO5S2/c1-2-3-5-17-6-4-12-19(15,16)10-7-9(8-18-10)11(13)14/h7-8,12H,2-6H2,1H3,(H,13,14). The zero-order valence-electron chi connectivity index (χ0n) is 10.6. The number of sulfonamides is 1. The molecule has 0 fully saturated rings. The number of rotatable bonds is 9. The number of hydrogen-bond donors (Lipinski definition) is 2. The van der Waals surface area contributed by atoms with Crippen LogP contribution in [0.5, 0.6) is 0 Å². The lowest BCUT2D eigenvalue weighted by atomic mass is 10.4. The summed E-state index contributed by atoms with van der Waals surface area (Å²) in [7, 11) is -3.64. The summed E-state index contributed by atoms with van der Waals surface area (Å²) in [5, 5.41) is 10.0. The van der Waals surface area contributed by atoms with Crippen LogP contribution in [0.4, 0.5) is 0 Å². The van der Waals surface area contributed by atoms with Crippen LogP contribution < -0.4 is 4.72 Å². The van der Waals surface area contributed by atoms with Crippen LogP contribution in [0.15, 0.2) is 15.7 Å². The van der Waals surface area contributed by atoms with E-state index in [1.807, 2.05) is 6.92 Å². The Morgan fingerprint density at radius 1 is 1.47 bits per heavy atom. The van der Waals surface area contributed by atoms with Gasteiger partial charge in [0, 0.05) is 18.5 Å². The molecule has 0 aromatic carbocycles. The van der Waals surface area contributed by atoms with E-state index in [0.717, 1.165) is 30.2 Å². The molecule has 0 atom stereocenters. The van der Waals surface area contributed by atoms with Crippen LogP contribution in [0.1, 0.15) is 30.1 Å². The molecule has 8 heteroatoms. The van der Waals surface area contributed by atoms with Crippen LogP contribution in [0, 0.1) is 0 Å². The summed E-state index contributed by atoms with van der Waals surface area (Å²) < 4.78 is 31.2. The van der Waals surface area contributed by atoms with E-state index in [4.69, 9.17) is 9.84 Å². The number of unbranched alkanes of at least 4 members (excludes halogenated alkanes) is 1. The predicted octanol–water partition coefficient (Wildman–Crippen LogP) is 1.54. The fourth-order valence-corrected chi connectivity index (χ4v) is 3.45. The van der Waals surface area contributed by atoms with Gasteiger partial charge in [-0.3, -0.25) is 0 Å². The van der Waals surface area contributed by atoms with Gasteiger partial charge in [0.2, 0.25) is 10.0 Å². The molecule has 2 N–H and O–H groups in total. The molecule has 0 aliphatic heterocycles. The largest absolute Gasteiger partial charge is 0.478 e. The Kier molecular flexibility index (Phi) is 6.43. The normalized spacial score (nSPS) is 11.6. The van der Waals surface area contributed by atoms with Crippen LogP contribution in [-0.4, -0.2) is 39.3 Å². The van der Waals surface area contributed by atoms with Crippen LogP contribution in [0.25, 0.3) is 0 Å². The second-order valence-corrected chi connectivity index (χ2v) is 6.73. The Bertz CT molecular complexity index is 509. The Morgan fingerprint density at radius 3 is 2.79 bits per heavy atom. The van der Waals surface area contributed by atoms with Crippen molar-refractivity contribution in [1.82, 2.24) is 4.72 Å². The first-order valence-corrected chi connectivity index (χ1v) is 8.23. The van der Waals surface area contributed by atoms with E-state index in [0.29, 0.717) is 13.2 Å². The first-order chi connectivity index (χ1) is 8.97. The highest BCUT2D eigenvalue weighted by Gasteiger charge is 2.18. The van der Waals surface area contributed by atoms with Gasteiger partial charge in [-0.25, -0.2) is 17.9 Å². The number of thiophene rings is 1. The monoisotopic (exact) mass is 307 g/mol. The number of aromatic carboxylic acids is 1. The summed E-state index contributed by atoms with van der Waals surface area (Å²) in [6.07, 6.45) is 1.97. The van der Waals surface area contributed by atoms with E-state index in [1.165, 1.54) is 5.38 Å². The number of carbonyl (C=O) groups is 1. The molecule has 6 nitrogen and oxygen atoms in total. The van der Waals surface area contributed by atoms with E-state index in [1.54, 1.807) is 0 Å². The number of ether oxygens (including phenoxy) is 1. The zero-order chi connectivity index (χ0) is 14.3. The third-order valence-corrected chi connectivity index (χ3v) is 5.17. The molecule has 0 saturated heterocycles. The van der Waals surface area contributed by atoms with Crippen molar-refractivity contribution in [2.24, 2.45) is 0 Å². The molecular formula is C11H17NO5S2. The van der Waals surface area contributed by atoms with E-state index in [9.17, 15) is 13.2 Å². The van der Waals surface area contributed by atoms with Gasteiger partial charge in [-0.15, -0.1) is 11.3 Å². The van der Waals surface area contributed by atoms with E-state index in [2.05, 4.69) is 4.72 Å². The average molecular weight is 307 g/mol. The van der Waals surface area contributed by atoms with Crippen LogP contribution in [0.3, 0.4) is 0 Å². The van der Waals surface area contributed by atoms with Crippen LogP contribution in [0.2, 0.25) is 0 Å². The second-order valence-electron chi connectivity index (χ2n) is 3.82. The van der Waals surface area contributed by atoms with Crippen molar-refractivity contribution < 1.29 is 23.1 Å². The Labute approximate surface area is 116 Å². The lowest BCUT2D eigenvalue weighted by Crippen LogP contribution is -2.27. The predicted molar refractivity (Wildman–Crippen MR) is 72.2 cm³/mol. The maximum atomic E-state index is 11.8. The maximum Gasteiger partial charge on any atom is 0.336 e. The molecule has 0 unspecified atom stereocenters. The summed E-state index contributed by atoms with van der Waals surface area (Å²) >= 11 is 0.885. The van der Waals surface area contributed by atoms with Gasteiger partial charge in [0.15, 0.2) is 0 Å². The lowest BCUT2D eigenvalue weighted by molar-refractivity contribution is 0.0697. The average Bonchev–Trinajstić information content (AvgIpc) is 2.84. The van der Waals surface area contributed by atoms with Gasteiger partial charge in [-0.2, -0.15) is 0 Å². The van der Waals surface area contributed by atoms with E-state index < -0.39 is 16.0 Å². The minimum atomic E-state index is -3.64. The SMILES string of the molecule is CCCCOCCNS(=O)(=O)c1cc(C(=O)O)cs1. The van der Waals surface area contributed by atoms with Gasteiger partial charge in [0.05, 0.1) is 12.2 Å². The first-order valence-electron chi connectivity index (χ1n) is 5.86. The molecule has 1 aromatic heterocycles.